The van der Waals surface area contributed by atoms with Crippen molar-refractivity contribution in [2.24, 2.45) is 0 Å². The van der Waals surface area contributed by atoms with Gasteiger partial charge in [0.15, 0.2) is 0 Å². The van der Waals surface area contributed by atoms with Crippen LogP contribution in [-0.2, 0) is 0 Å². The van der Waals surface area contributed by atoms with Crippen molar-refractivity contribution in [3.05, 3.63) is 17.8 Å². The molecule has 0 radical (unpaired) electrons. The summed E-state index contributed by atoms with van der Waals surface area (Å²) in [6, 6.07) is 2.64. The van der Waals surface area contributed by atoms with E-state index in [1.54, 1.807) is 17.7 Å². The molecule has 0 spiro atoms. The molecule has 0 bridgehead atoms. The molecule has 0 unspecified atom stereocenters. The second-order valence-electron chi connectivity index (χ2n) is 3.93. The minimum Gasteiger partial charge on any atom is -0.350 e. The van der Waals surface area contributed by atoms with Gasteiger partial charge in [0.1, 0.15) is 12.1 Å². The van der Waals surface area contributed by atoms with Crippen LogP contribution in [0.4, 0.5) is 5.82 Å². The lowest BCUT2D eigenvalue weighted by Gasteiger charge is -2.38. The van der Waals surface area contributed by atoms with Gasteiger partial charge in [0.25, 0.3) is 0 Å². The third kappa shape index (κ3) is 1.47. The summed E-state index contributed by atoms with van der Waals surface area (Å²) in [5, 5.41) is 5.39. The zero-order valence-electron chi connectivity index (χ0n) is 9.18. The Hall–Kier alpha value is -1.20. The molecule has 2 aromatic heterocycles. The molecule has 0 atom stereocenters. The van der Waals surface area contributed by atoms with E-state index in [2.05, 4.69) is 38.6 Å². The monoisotopic (exact) mass is 234 g/mol. The molecule has 1 aliphatic heterocycles. The van der Waals surface area contributed by atoms with Crippen LogP contribution in [0.2, 0.25) is 0 Å². The molecule has 84 valence electrons. The Bertz CT molecular complexity index is 491. The van der Waals surface area contributed by atoms with Gasteiger partial charge in [-0.2, -0.15) is 0 Å². The van der Waals surface area contributed by atoms with Crippen molar-refractivity contribution in [1.82, 2.24) is 15.3 Å². The molecule has 0 aliphatic carbocycles. The molecule has 0 amide bonds. The Morgan fingerprint density at radius 1 is 1.50 bits per heavy atom. The van der Waals surface area contributed by atoms with E-state index >= 15 is 0 Å². The van der Waals surface area contributed by atoms with Gasteiger partial charge in [-0.1, -0.05) is 0 Å². The molecule has 1 aliphatic rings. The average Bonchev–Trinajstić information content (AvgIpc) is 2.70. The zero-order valence-corrected chi connectivity index (χ0v) is 10.00. The fraction of sp³-hybridized carbons (Fsp3) is 0.455. The van der Waals surface area contributed by atoms with Gasteiger partial charge < -0.3 is 10.2 Å². The topological polar surface area (TPSA) is 41.1 Å². The molecule has 1 fully saturated rings. The number of rotatable bonds is 3. The van der Waals surface area contributed by atoms with Crippen molar-refractivity contribution < 1.29 is 0 Å². The van der Waals surface area contributed by atoms with E-state index in [9.17, 15) is 0 Å². The molecular formula is C11H14N4S. The van der Waals surface area contributed by atoms with Gasteiger partial charge in [-0.15, -0.1) is 11.3 Å². The number of aromatic nitrogens is 2. The minimum atomic E-state index is 0.588. The van der Waals surface area contributed by atoms with Crippen molar-refractivity contribution in [3.8, 4) is 0 Å². The molecule has 0 saturated carbocycles. The number of likely N-dealkylation sites (N-methyl/N-ethyl adjacent to an activating group) is 1. The summed E-state index contributed by atoms with van der Waals surface area (Å²) in [6.07, 6.45) is 1.67. The predicted molar refractivity (Wildman–Crippen MR) is 67.1 cm³/mol. The standard InChI is InChI=1S/C11H14N4S/c1-2-15(8-5-12-6-8)11-10-9(3-4-16-10)13-7-14-11/h3-4,7-8,12H,2,5-6H2,1H3. The first-order valence-corrected chi connectivity index (χ1v) is 6.43. The van der Waals surface area contributed by atoms with Gasteiger partial charge >= 0.3 is 0 Å². The molecule has 16 heavy (non-hydrogen) atoms. The fourth-order valence-corrected chi connectivity index (χ4v) is 2.91. The Labute approximate surface area is 98.3 Å². The molecule has 1 N–H and O–H groups in total. The maximum Gasteiger partial charge on any atom is 0.150 e. The van der Waals surface area contributed by atoms with E-state index < -0.39 is 0 Å². The van der Waals surface area contributed by atoms with Crippen LogP contribution in [0.5, 0.6) is 0 Å². The highest BCUT2D eigenvalue weighted by molar-refractivity contribution is 7.17. The smallest absolute Gasteiger partial charge is 0.150 e. The Balaban J connectivity index is 2.05. The molecule has 5 heteroatoms. The molecule has 2 aromatic rings. The highest BCUT2D eigenvalue weighted by Gasteiger charge is 2.25. The summed E-state index contributed by atoms with van der Waals surface area (Å²) < 4.78 is 1.20. The largest absolute Gasteiger partial charge is 0.350 e. The molecule has 0 aromatic carbocycles. The number of thiophene rings is 1. The molecular weight excluding hydrogens is 220 g/mol. The third-order valence-electron chi connectivity index (χ3n) is 3.04. The van der Waals surface area contributed by atoms with Crippen LogP contribution in [0.25, 0.3) is 10.2 Å². The Kier molecular flexibility index (Phi) is 2.49. The zero-order chi connectivity index (χ0) is 11.0. The van der Waals surface area contributed by atoms with Crippen LogP contribution in [0.15, 0.2) is 17.8 Å². The van der Waals surface area contributed by atoms with Crippen LogP contribution in [0, 0.1) is 0 Å². The maximum absolute atomic E-state index is 4.45. The molecule has 3 rings (SSSR count). The van der Waals surface area contributed by atoms with Crippen LogP contribution < -0.4 is 10.2 Å². The summed E-state index contributed by atoms with van der Waals surface area (Å²) in [7, 11) is 0. The van der Waals surface area contributed by atoms with E-state index in [1.165, 1.54) is 4.70 Å². The number of hydrogen-bond donors (Lipinski definition) is 1. The average molecular weight is 234 g/mol. The highest BCUT2D eigenvalue weighted by Crippen LogP contribution is 2.29. The maximum atomic E-state index is 4.45. The van der Waals surface area contributed by atoms with Crippen LogP contribution in [0.3, 0.4) is 0 Å². The van der Waals surface area contributed by atoms with Crippen molar-refractivity contribution >= 4 is 27.4 Å². The first-order chi connectivity index (χ1) is 7.90. The van der Waals surface area contributed by atoms with Gasteiger partial charge in [-0.3, -0.25) is 0 Å². The highest BCUT2D eigenvalue weighted by atomic mass is 32.1. The van der Waals surface area contributed by atoms with Gasteiger partial charge in [-0.05, 0) is 18.4 Å². The first kappa shape index (κ1) is 9.99. The molecule has 4 nitrogen and oxygen atoms in total. The van der Waals surface area contributed by atoms with Gasteiger partial charge in [0.05, 0.1) is 16.3 Å². The summed E-state index contributed by atoms with van der Waals surface area (Å²) in [5.74, 6) is 1.09. The van der Waals surface area contributed by atoms with E-state index in [0.717, 1.165) is 31.0 Å². The number of hydrogen-bond acceptors (Lipinski definition) is 5. The lowest BCUT2D eigenvalue weighted by Crippen LogP contribution is -2.57. The normalized spacial score (nSPS) is 16.3. The van der Waals surface area contributed by atoms with Crippen molar-refractivity contribution in [1.29, 1.82) is 0 Å². The van der Waals surface area contributed by atoms with E-state index in [4.69, 9.17) is 0 Å². The van der Waals surface area contributed by atoms with E-state index in [1.807, 2.05) is 0 Å². The van der Waals surface area contributed by atoms with Crippen molar-refractivity contribution in [2.45, 2.75) is 13.0 Å². The first-order valence-electron chi connectivity index (χ1n) is 5.55. The number of nitrogens with one attached hydrogen (secondary N) is 1. The van der Waals surface area contributed by atoms with Crippen molar-refractivity contribution in [3.63, 3.8) is 0 Å². The summed E-state index contributed by atoms with van der Waals surface area (Å²) >= 11 is 1.72. The second-order valence-corrected chi connectivity index (χ2v) is 4.85. The van der Waals surface area contributed by atoms with Crippen LogP contribution >= 0.6 is 11.3 Å². The van der Waals surface area contributed by atoms with Gasteiger partial charge in [0, 0.05) is 19.6 Å². The van der Waals surface area contributed by atoms with E-state index in [-0.39, 0.29) is 0 Å². The van der Waals surface area contributed by atoms with Gasteiger partial charge in [-0.25, -0.2) is 9.97 Å². The summed E-state index contributed by atoms with van der Waals surface area (Å²) in [6.45, 7) is 5.30. The lowest BCUT2D eigenvalue weighted by molar-refractivity contribution is 0.416. The molecule has 3 heterocycles. The van der Waals surface area contributed by atoms with Crippen LogP contribution in [-0.4, -0.2) is 35.6 Å². The van der Waals surface area contributed by atoms with Gasteiger partial charge in [0.2, 0.25) is 0 Å². The van der Waals surface area contributed by atoms with Crippen molar-refractivity contribution in [2.75, 3.05) is 24.5 Å². The Morgan fingerprint density at radius 2 is 2.38 bits per heavy atom. The quantitative estimate of drug-likeness (QED) is 0.873. The minimum absolute atomic E-state index is 0.588. The van der Waals surface area contributed by atoms with Crippen LogP contribution in [0.1, 0.15) is 6.92 Å². The number of nitrogens with zero attached hydrogens (tertiary/aromatic N) is 3. The summed E-state index contributed by atoms with van der Waals surface area (Å²) in [5.41, 5.74) is 1.06. The lowest BCUT2D eigenvalue weighted by atomic mass is 10.1. The summed E-state index contributed by atoms with van der Waals surface area (Å²) in [4.78, 5) is 11.1. The SMILES string of the molecule is CCN(c1ncnc2ccsc12)C1CNC1. The molecule has 1 saturated heterocycles. The number of anilines is 1. The second kappa shape index (κ2) is 3.99. The predicted octanol–water partition coefficient (Wildman–Crippen LogP) is 1.49. The Morgan fingerprint density at radius 3 is 3.06 bits per heavy atom. The third-order valence-corrected chi connectivity index (χ3v) is 3.94. The van der Waals surface area contributed by atoms with E-state index in [0.29, 0.717) is 6.04 Å². The fourth-order valence-electron chi connectivity index (χ4n) is 2.06. The number of fused-ring (bicyclic) bond motifs is 1.